The third kappa shape index (κ3) is 2.59. The zero-order valence-corrected chi connectivity index (χ0v) is 9.94. The first kappa shape index (κ1) is 12.8. The zero-order chi connectivity index (χ0) is 13.1. The number of benzene rings is 2. The first-order valence-electron chi connectivity index (χ1n) is 5.20. The van der Waals surface area contributed by atoms with Gasteiger partial charge in [-0.05, 0) is 23.8 Å². The maximum absolute atomic E-state index is 13.4. The Labute approximate surface area is 107 Å². The van der Waals surface area contributed by atoms with Gasteiger partial charge in [-0.3, -0.25) is 0 Å². The zero-order valence-electron chi connectivity index (χ0n) is 9.18. The summed E-state index contributed by atoms with van der Waals surface area (Å²) in [5.74, 6) is -3.93. The van der Waals surface area contributed by atoms with Crippen LogP contribution < -0.4 is 5.32 Å². The van der Waals surface area contributed by atoms with Gasteiger partial charge in [0.05, 0.1) is 5.69 Å². The van der Waals surface area contributed by atoms with Crippen molar-refractivity contribution in [2.24, 2.45) is 0 Å². The molecule has 1 N–H and O–H groups in total. The van der Waals surface area contributed by atoms with Gasteiger partial charge < -0.3 is 5.32 Å². The van der Waals surface area contributed by atoms with E-state index in [2.05, 4.69) is 5.32 Å². The third-order valence-electron chi connectivity index (χ3n) is 2.46. The number of halogens is 4. The first-order valence-corrected chi connectivity index (χ1v) is 5.58. The molecule has 94 valence electrons. The summed E-state index contributed by atoms with van der Waals surface area (Å²) in [7, 11) is 0. The smallest absolute Gasteiger partial charge is 0.196 e. The number of hydrogen-bond donors (Lipinski definition) is 1. The molecule has 0 heterocycles. The Morgan fingerprint density at radius 2 is 1.67 bits per heavy atom. The molecule has 0 spiro atoms. The summed E-state index contributed by atoms with van der Waals surface area (Å²) in [5.41, 5.74) is 0.636. The number of nitrogens with one attached hydrogen (secondary N) is 1. The summed E-state index contributed by atoms with van der Waals surface area (Å²) < 4.78 is 39.1. The van der Waals surface area contributed by atoms with Gasteiger partial charge in [-0.25, -0.2) is 13.2 Å². The predicted octanol–water partition coefficient (Wildman–Crippen LogP) is 4.37. The molecule has 0 aliphatic rings. The van der Waals surface area contributed by atoms with Gasteiger partial charge in [-0.2, -0.15) is 0 Å². The highest BCUT2D eigenvalue weighted by Crippen LogP contribution is 2.21. The van der Waals surface area contributed by atoms with E-state index in [4.69, 9.17) is 11.6 Å². The van der Waals surface area contributed by atoms with Gasteiger partial charge >= 0.3 is 0 Å². The summed E-state index contributed by atoms with van der Waals surface area (Å²) in [6.07, 6.45) is 0. The lowest BCUT2D eigenvalue weighted by Gasteiger charge is -2.09. The summed E-state index contributed by atoms with van der Waals surface area (Å²) in [5, 5.41) is 3.19. The van der Waals surface area contributed by atoms with E-state index in [1.807, 2.05) is 0 Å². The monoisotopic (exact) mass is 271 g/mol. The van der Waals surface area contributed by atoms with E-state index in [-0.39, 0.29) is 12.2 Å². The molecule has 5 heteroatoms. The van der Waals surface area contributed by atoms with Crippen LogP contribution in [0.25, 0.3) is 0 Å². The lowest BCUT2D eigenvalue weighted by Crippen LogP contribution is -2.04. The molecule has 0 radical (unpaired) electrons. The fraction of sp³-hybridized carbons (Fsp3) is 0.0769. The van der Waals surface area contributed by atoms with Crippen LogP contribution in [0.4, 0.5) is 18.9 Å². The second-order valence-corrected chi connectivity index (χ2v) is 4.08. The average molecular weight is 272 g/mol. The Hall–Kier alpha value is -1.68. The van der Waals surface area contributed by atoms with E-state index in [1.54, 1.807) is 24.3 Å². The largest absolute Gasteiger partial charge is 0.378 e. The van der Waals surface area contributed by atoms with E-state index in [1.165, 1.54) is 0 Å². The van der Waals surface area contributed by atoms with E-state index in [0.29, 0.717) is 5.02 Å². The molecule has 18 heavy (non-hydrogen) atoms. The molecule has 0 atom stereocenters. The van der Waals surface area contributed by atoms with Crippen molar-refractivity contribution in [1.29, 1.82) is 0 Å². The molecular formula is C13H9ClF3N. The average Bonchev–Trinajstić information content (AvgIpc) is 2.37. The first-order chi connectivity index (χ1) is 8.59. The molecule has 2 aromatic rings. The molecular weight excluding hydrogens is 263 g/mol. The Morgan fingerprint density at radius 1 is 0.944 bits per heavy atom. The minimum atomic E-state index is -1.49. The molecule has 0 aromatic heterocycles. The minimum Gasteiger partial charge on any atom is -0.378 e. The van der Waals surface area contributed by atoms with Crippen molar-refractivity contribution >= 4 is 17.3 Å². The van der Waals surface area contributed by atoms with Crippen LogP contribution in [0.15, 0.2) is 36.4 Å². The molecule has 0 bridgehead atoms. The van der Waals surface area contributed by atoms with Crippen LogP contribution in [0.3, 0.4) is 0 Å². The van der Waals surface area contributed by atoms with Gasteiger partial charge in [-0.15, -0.1) is 0 Å². The van der Waals surface area contributed by atoms with E-state index >= 15 is 0 Å². The molecule has 2 rings (SSSR count). The summed E-state index contributed by atoms with van der Waals surface area (Å²) in [6.45, 7) is 0.224. The maximum Gasteiger partial charge on any atom is 0.196 e. The van der Waals surface area contributed by atoms with E-state index in [9.17, 15) is 13.2 Å². The Kier molecular flexibility index (Phi) is 3.77. The highest BCUT2D eigenvalue weighted by Gasteiger charge is 2.13. The van der Waals surface area contributed by atoms with Gasteiger partial charge in [-0.1, -0.05) is 29.8 Å². The second kappa shape index (κ2) is 5.31. The topological polar surface area (TPSA) is 12.0 Å². The molecule has 0 aliphatic carbocycles. The summed E-state index contributed by atoms with van der Waals surface area (Å²) in [6, 6.07) is 9.01. The normalized spacial score (nSPS) is 10.4. The van der Waals surface area contributed by atoms with Gasteiger partial charge in [0.1, 0.15) is 0 Å². The van der Waals surface area contributed by atoms with Crippen LogP contribution in [0.2, 0.25) is 5.02 Å². The van der Waals surface area contributed by atoms with Crippen molar-refractivity contribution in [1.82, 2.24) is 0 Å². The summed E-state index contributed by atoms with van der Waals surface area (Å²) in [4.78, 5) is 0. The SMILES string of the molecule is Fc1ccc(NCc2ccccc2Cl)c(F)c1F. The van der Waals surface area contributed by atoms with Crippen molar-refractivity contribution in [3.63, 3.8) is 0 Å². The number of anilines is 1. The number of hydrogen-bond acceptors (Lipinski definition) is 1. The molecule has 0 fully saturated rings. The minimum absolute atomic E-state index is 0.103. The van der Waals surface area contributed by atoms with Crippen LogP contribution in [-0.2, 0) is 6.54 Å². The number of rotatable bonds is 3. The van der Waals surface area contributed by atoms with Crippen LogP contribution in [-0.4, -0.2) is 0 Å². The van der Waals surface area contributed by atoms with Crippen LogP contribution in [0, 0.1) is 17.5 Å². The fourth-order valence-corrected chi connectivity index (χ4v) is 1.70. The van der Waals surface area contributed by atoms with Crippen molar-refractivity contribution in [2.75, 3.05) is 5.32 Å². The quantitative estimate of drug-likeness (QED) is 0.818. The molecule has 0 amide bonds. The van der Waals surface area contributed by atoms with Crippen molar-refractivity contribution in [3.8, 4) is 0 Å². The Bertz CT molecular complexity index is 572. The lowest BCUT2D eigenvalue weighted by molar-refractivity contribution is 0.449. The Balaban J connectivity index is 2.17. The van der Waals surface area contributed by atoms with Crippen molar-refractivity contribution in [2.45, 2.75) is 6.54 Å². The molecule has 0 saturated carbocycles. The maximum atomic E-state index is 13.4. The second-order valence-electron chi connectivity index (χ2n) is 3.67. The Morgan fingerprint density at radius 3 is 2.39 bits per heavy atom. The van der Waals surface area contributed by atoms with Gasteiger partial charge in [0.15, 0.2) is 17.5 Å². The predicted molar refractivity (Wildman–Crippen MR) is 65.1 cm³/mol. The molecule has 0 unspecified atom stereocenters. The molecule has 1 nitrogen and oxygen atoms in total. The molecule has 0 aliphatic heterocycles. The third-order valence-corrected chi connectivity index (χ3v) is 2.83. The van der Waals surface area contributed by atoms with Gasteiger partial charge in [0.2, 0.25) is 0 Å². The highest BCUT2D eigenvalue weighted by molar-refractivity contribution is 6.31. The van der Waals surface area contributed by atoms with Gasteiger partial charge in [0, 0.05) is 11.6 Å². The summed E-state index contributed by atoms with van der Waals surface area (Å²) >= 11 is 5.92. The molecule has 0 saturated heterocycles. The lowest BCUT2D eigenvalue weighted by atomic mass is 10.2. The van der Waals surface area contributed by atoms with Crippen LogP contribution in [0.5, 0.6) is 0 Å². The highest BCUT2D eigenvalue weighted by atomic mass is 35.5. The standard InChI is InChI=1S/C13H9ClF3N/c14-9-4-2-1-3-8(9)7-18-11-6-5-10(15)12(16)13(11)17/h1-6,18H,7H2. The molecule has 2 aromatic carbocycles. The van der Waals surface area contributed by atoms with E-state index < -0.39 is 17.5 Å². The van der Waals surface area contributed by atoms with E-state index in [0.717, 1.165) is 17.7 Å². The van der Waals surface area contributed by atoms with Crippen LogP contribution in [0.1, 0.15) is 5.56 Å². The van der Waals surface area contributed by atoms with Crippen LogP contribution >= 0.6 is 11.6 Å². The van der Waals surface area contributed by atoms with Crippen molar-refractivity contribution < 1.29 is 13.2 Å². The van der Waals surface area contributed by atoms with Crippen molar-refractivity contribution in [3.05, 3.63) is 64.4 Å². The fourth-order valence-electron chi connectivity index (χ4n) is 1.49. The van der Waals surface area contributed by atoms with Gasteiger partial charge in [0.25, 0.3) is 0 Å².